The number of hydrogen-bond donors (Lipinski definition) is 4. The van der Waals surface area contributed by atoms with E-state index in [4.69, 9.17) is 16.2 Å². The normalized spacial score (nSPS) is 26.3. The van der Waals surface area contributed by atoms with Crippen LogP contribution < -0.4 is 11.5 Å². The molecule has 0 bridgehead atoms. The summed E-state index contributed by atoms with van der Waals surface area (Å²) < 4.78 is 7.76. The first-order chi connectivity index (χ1) is 16.0. The number of ether oxygens (including phenoxy) is 1. The molecule has 0 unspecified atom stereocenters. The van der Waals surface area contributed by atoms with Crippen LogP contribution >= 0.6 is 0 Å². The molecule has 11 nitrogen and oxygen atoms in total. The zero-order chi connectivity index (χ0) is 22.7. The second-order valence-electron chi connectivity index (χ2n) is 8.48. The van der Waals surface area contributed by atoms with E-state index in [0.717, 1.165) is 29.2 Å². The van der Waals surface area contributed by atoms with Crippen LogP contribution in [0.1, 0.15) is 23.8 Å². The number of aliphatic imine (C=N–C) groups is 2. The lowest BCUT2D eigenvalue weighted by Gasteiger charge is -2.25. The summed E-state index contributed by atoms with van der Waals surface area (Å²) in [5, 5.41) is 22.0. The second-order valence-corrected chi connectivity index (χ2v) is 8.48. The van der Waals surface area contributed by atoms with E-state index in [1.165, 1.54) is 6.33 Å². The van der Waals surface area contributed by atoms with Gasteiger partial charge in [0.2, 0.25) is 5.96 Å². The maximum atomic E-state index is 10.7. The number of nitrogens with zero attached hydrogens (tertiary/aromatic N) is 6. The molecule has 0 spiro atoms. The molecule has 1 saturated heterocycles. The van der Waals surface area contributed by atoms with Gasteiger partial charge >= 0.3 is 0 Å². The van der Waals surface area contributed by atoms with Crippen molar-refractivity contribution in [2.45, 2.75) is 37.4 Å². The van der Waals surface area contributed by atoms with Crippen molar-refractivity contribution in [2.75, 3.05) is 18.8 Å². The smallest absolute Gasteiger partial charge is 0.202 e. The number of nitrogen functional groups attached to an aromatic ring is 1. The van der Waals surface area contributed by atoms with E-state index in [1.54, 1.807) is 16.8 Å². The molecule has 0 radical (unpaired) electrons. The third kappa shape index (κ3) is 3.16. The summed E-state index contributed by atoms with van der Waals surface area (Å²) in [4.78, 5) is 19.2. The van der Waals surface area contributed by atoms with Crippen LogP contribution in [0.25, 0.3) is 11.0 Å². The van der Waals surface area contributed by atoms with E-state index in [2.05, 4.69) is 20.0 Å². The molecule has 3 aliphatic heterocycles. The average molecular weight is 448 g/mol. The molecule has 5 heterocycles. The van der Waals surface area contributed by atoms with Crippen molar-refractivity contribution < 1.29 is 14.9 Å². The Morgan fingerprint density at radius 3 is 2.88 bits per heavy atom. The quantitative estimate of drug-likeness (QED) is 0.443. The van der Waals surface area contributed by atoms with Gasteiger partial charge in [-0.05, 0) is 36.6 Å². The Morgan fingerprint density at radius 2 is 2.00 bits per heavy atom. The molecular formula is C22H24N8O3. The summed E-state index contributed by atoms with van der Waals surface area (Å²) in [5.74, 6) is 1.68. The highest BCUT2D eigenvalue weighted by molar-refractivity contribution is 6.15. The van der Waals surface area contributed by atoms with E-state index in [0.29, 0.717) is 42.2 Å². The minimum absolute atomic E-state index is 0.353. The number of aromatic nitrogens is 3. The summed E-state index contributed by atoms with van der Waals surface area (Å²) in [6.07, 6.45) is 0.833. The number of hydrogen-bond acceptors (Lipinski definition) is 10. The summed E-state index contributed by atoms with van der Waals surface area (Å²) in [6, 6.07) is 7.81. The van der Waals surface area contributed by atoms with Crippen LogP contribution in [0.3, 0.4) is 0 Å². The molecule has 0 saturated carbocycles. The van der Waals surface area contributed by atoms with E-state index in [-0.39, 0.29) is 0 Å². The minimum atomic E-state index is -1.10. The van der Waals surface area contributed by atoms with Gasteiger partial charge in [-0.25, -0.2) is 15.0 Å². The monoisotopic (exact) mass is 448 g/mol. The van der Waals surface area contributed by atoms with Crippen LogP contribution in [-0.2, 0) is 11.2 Å². The fraction of sp³-hybridized carbons (Fsp3) is 0.364. The Balaban J connectivity index is 1.20. The summed E-state index contributed by atoms with van der Waals surface area (Å²) in [5.41, 5.74) is 15.4. The SMILES string of the molecule is NC1=Nc2cc(CC[C@H]3O[C@@H](n4ccc5c(N)ncnc54)[C@H](O)[C@@H]3O)ccc2C2=NCCN12. The number of anilines is 1. The van der Waals surface area contributed by atoms with Gasteiger partial charge in [0.1, 0.15) is 35.8 Å². The third-order valence-corrected chi connectivity index (χ3v) is 6.52. The second kappa shape index (κ2) is 7.51. The van der Waals surface area contributed by atoms with E-state index < -0.39 is 24.5 Å². The van der Waals surface area contributed by atoms with Crippen LogP contribution in [0, 0.1) is 0 Å². The Morgan fingerprint density at radius 1 is 1.12 bits per heavy atom. The lowest BCUT2D eigenvalue weighted by molar-refractivity contribution is -0.0364. The van der Waals surface area contributed by atoms with Crippen LogP contribution in [0.5, 0.6) is 0 Å². The molecule has 6 rings (SSSR count). The number of aliphatic hydroxyl groups is 2. The van der Waals surface area contributed by atoms with E-state index >= 15 is 0 Å². The molecule has 11 heteroatoms. The summed E-state index contributed by atoms with van der Waals surface area (Å²) in [7, 11) is 0. The number of fused-ring (bicyclic) bond motifs is 4. The average Bonchev–Trinajstić information content (AvgIpc) is 3.52. The lowest BCUT2D eigenvalue weighted by Crippen LogP contribution is -2.42. The van der Waals surface area contributed by atoms with Crippen LogP contribution in [-0.4, -0.2) is 72.8 Å². The predicted octanol–water partition coefficient (Wildman–Crippen LogP) is 0.288. The van der Waals surface area contributed by atoms with Crippen LogP contribution in [0.2, 0.25) is 0 Å². The van der Waals surface area contributed by atoms with Crippen LogP contribution in [0.15, 0.2) is 46.8 Å². The molecule has 3 aliphatic rings. The highest BCUT2D eigenvalue weighted by atomic mass is 16.6. The van der Waals surface area contributed by atoms with Gasteiger partial charge in [0.25, 0.3) is 0 Å². The molecule has 0 aliphatic carbocycles. The zero-order valence-electron chi connectivity index (χ0n) is 17.7. The maximum Gasteiger partial charge on any atom is 0.202 e. The standard InChI is InChI=1S/C22H24N8O3/c23-18-13-5-7-29(20(13)27-10-26-18)21-17(32)16(31)15(33-21)4-2-11-1-3-12-14(9-11)28-22(24)30-8-6-25-19(12)30/h1,3,5,7,9-10,15-17,21,31-32H,2,4,6,8H2,(H2,24,28)(H2,23,26,27)/t15-,16-,17-,21-/m1/s1. The zero-order valence-corrected chi connectivity index (χ0v) is 17.7. The fourth-order valence-electron chi connectivity index (χ4n) is 4.80. The molecule has 1 aromatic carbocycles. The molecule has 33 heavy (non-hydrogen) atoms. The van der Waals surface area contributed by atoms with Gasteiger partial charge in [-0.3, -0.25) is 9.89 Å². The van der Waals surface area contributed by atoms with Crippen molar-refractivity contribution in [3.8, 4) is 0 Å². The van der Waals surface area contributed by atoms with Gasteiger partial charge in [-0.2, -0.15) is 0 Å². The Kier molecular flexibility index (Phi) is 4.57. The molecular weight excluding hydrogens is 424 g/mol. The number of rotatable bonds is 4. The summed E-state index contributed by atoms with van der Waals surface area (Å²) in [6.45, 7) is 1.46. The molecule has 6 N–H and O–H groups in total. The van der Waals surface area contributed by atoms with Gasteiger partial charge in [0.15, 0.2) is 6.23 Å². The molecule has 170 valence electrons. The van der Waals surface area contributed by atoms with Crippen molar-refractivity contribution in [1.82, 2.24) is 19.4 Å². The number of benzene rings is 1. The first-order valence-corrected chi connectivity index (χ1v) is 10.9. The van der Waals surface area contributed by atoms with E-state index in [9.17, 15) is 10.2 Å². The van der Waals surface area contributed by atoms with Gasteiger partial charge < -0.3 is 31.0 Å². The number of amidine groups is 1. The van der Waals surface area contributed by atoms with Crippen molar-refractivity contribution in [2.24, 2.45) is 15.7 Å². The van der Waals surface area contributed by atoms with Gasteiger partial charge in [0.05, 0.1) is 23.7 Å². The predicted molar refractivity (Wildman–Crippen MR) is 122 cm³/mol. The number of aryl methyl sites for hydroxylation is 1. The Labute approximate surface area is 189 Å². The number of nitrogens with two attached hydrogens (primary N) is 2. The molecule has 1 fully saturated rings. The number of aliphatic hydroxyl groups excluding tert-OH is 2. The molecule has 2 aromatic heterocycles. The minimum Gasteiger partial charge on any atom is -0.388 e. The Bertz CT molecular complexity index is 1300. The van der Waals surface area contributed by atoms with Gasteiger partial charge in [-0.1, -0.05) is 6.07 Å². The van der Waals surface area contributed by atoms with Crippen molar-refractivity contribution >= 4 is 34.3 Å². The molecule has 3 aromatic rings. The third-order valence-electron chi connectivity index (χ3n) is 6.52. The molecule has 4 atom stereocenters. The van der Waals surface area contributed by atoms with Gasteiger partial charge in [-0.15, -0.1) is 0 Å². The van der Waals surface area contributed by atoms with E-state index in [1.807, 2.05) is 23.1 Å². The highest BCUT2D eigenvalue weighted by Gasteiger charge is 2.43. The van der Waals surface area contributed by atoms with Crippen molar-refractivity contribution in [3.05, 3.63) is 47.9 Å². The van der Waals surface area contributed by atoms with Crippen molar-refractivity contribution in [1.29, 1.82) is 0 Å². The lowest BCUT2D eigenvalue weighted by atomic mass is 9.99. The topological polar surface area (TPSA) is 160 Å². The maximum absolute atomic E-state index is 10.7. The largest absolute Gasteiger partial charge is 0.388 e. The first kappa shape index (κ1) is 20.1. The summed E-state index contributed by atoms with van der Waals surface area (Å²) >= 11 is 0. The molecule has 0 amide bonds. The first-order valence-electron chi connectivity index (χ1n) is 10.9. The highest BCUT2D eigenvalue weighted by Crippen LogP contribution is 2.35. The Hall–Kier alpha value is -3.54. The van der Waals surface area contributed by atoms with Crippen LogP contribution in [0.4, 0.5) is 11.5 Å². The van der Waals surface area contributed by atoms with Gasteiger partial charge in [0, 0.05) is 18.3 Å². The van der Waals surface area contributed by atoms with Crippen molar-refractivity contribution in [3.63, 3.8) is 0 Å². The number of guanidine groups is 1. The fourth-order valence-corrected chi connectivity index (χ4v) is 4.80.